The van der Waals surface area contributed by atoms with E-state index in [1.54, 1.807) is 12.2 Å². The molecular weight excluding hydrogens is 254 g/mol. The molecule has 76 valence electrons. The van der Waals surface area contributed by atoms with Gasteiger partial charge < -0.3 is 4.74 Å². The Morgan fingerprint density at radius 1 is 1.36 bits per heavy atom. The van der Waals surface area contributed by atoms with E-state index in [9.17, 15) is 8.78 Å². The Morgan fingerprint density at radius 2 is 1.93 bits per heavy atom. The lowest BCUT2D eigenvalue weighted by Crippen LogP contribution is -1.93. The minimum atomic E-state index is -0.693. The molecule has 0 aliphatic rings. The summed E-state index contributed by atoms with van der Waals surface area (Å²) in [4.78, 5) is 0. The van der Waals surface area contributed by atoms with Crippen LogP contribution in [-0.2, 0) is 0 Å². The van der Waals surface area contributed by atoms with Crippen LogP contribution in [0.25, 0.3) is 6.08 Å². The molecule has 0 N–H and O–H groups in total. The number of halogens is 3. The first-order chi connectivity index (χ1) is 6.69. The molecule has 0 atom stereocenters. The van der Waals surface area contributed by atoms with Gasteiger partial charge in [-0.15, -0.1) is 0 Å². The highest BCUT2D eigenvalue weighted by Gasteiger charge is 2.09. The molecule has 0 aliphatic heterocycles. The zero-order chi connectivity index (χ0) is 10.6. The maximum absolute atomic E-state index is 13.1. The fourth-order valence-electron chi connectivity index (χ4n) is 1.05. The van der Waals surface area contributed by atoms with Gasteiger partial charge in [-0.25, -0.2) is 8.78 Å². The second kappa shape index (κ2) is 5.10. The van der Waals surface area contributed by atoms with Crippen molar-refractivity contribution in [1.29, 1.82) is 0 Å². The molecule has 1 rings (SSSR count). The fraction of sp³-hybridized carbons (Fsp3) is 0.200. The summed E-state index contributed by atoms with van der Waals surface area (Å²) in [5.74, 6) is -1.73. The lowest BCUT2D eigenvalue weighted by atomic mass is 10.2. The number of ether oxygens (including phenoxy) is 1. The van der Waals surface area contributed by atoms with Crippen LogP contribution >= 0.6 is 15.9 Å². The van der Waals surface area contributed by atoms with Crippen LogP contribution in [0.5, 0.6) is 5.75 Å². The molecule has 1 aromatic carbocycles. The number of rotatable bonds is 3. The number of allylic oxidation sites excluding steroid dienone is 1. The van der Waals surface area contributed by atoms with Crippen LogP contribution < -0.4 is 4.74 Å². The SMILES string of the molecule is COc1c(F)cc(C=CCBr)cc1F. The molecule has 0 fully saturated rings. The van der Waals surface area contributed by atoms with Crippen LogP contribution in [-0.4, -0.2) is 12.4 Å². The lowest BCUT2D eigenvalue weighted by Gasteiger charge is -2.03. The predicted octanol–water partition coefficient (Wildman–Crippen LogP) is 3.38. The first-order valence-electron chi connectivity index (χ1n) is 3.94. The number of hydrogen-bond donors (Lipinski definition) is 0. The first kappa shape index (κ1) is 11.2. The van der Waals surface area contributed by atoms with Gasteiger partial charge in [-0.1, -0.05) is 28.1 Å². The highest BCUT2D eigenvalue weighted by molar-refractivity contribution is 9.09. The summed E-state index contributed by atoms with van der Waals surface area (Å²) in [5.41, 5.74) is 0.472. The summed E-state index contributed by atoms with van der Waals surface area (Å²) in [6.07, 6.45) is 3.38. The van der Waals surface area contributed by atoms with Crippen molar-refractivity contribution in [1.82, 2.24) is 0 Å². The molecule has 14 heavy (non-hydrogen) atoms. The summed E-state index contributed by atoms with van der Waals surface area (Å²) in [6.45, 7) is 0. The topological polar surface area (TPSA) is 9.23 Å². The van der Waals surface area contributed by atoms with Crippen molar-refractivity contribution in [3.63, 3.8) is 0 Å². The molecule has 0 heterocycles. The number of hydrogen-bond acceptors (Lipinski definition) is 1. The fourth-order valence-corrected chi connectivity index (χ4v) is 1.24. The molecule has 0 aliphatic carbocycles. The Kier molecular flexibility index (Phi) is 4.07. The van der Waals surface area contributed by atoms with E-state index in [0.29, 0.717) is 10.9 Å². The summed E-state index contributed by atoms with van der Waals surface area (Å²) in [6, 6.07) is 2.45. The third kappa shape index (κ3) is 2.54. The van der Waals surface area contributed by atoms with Gasteiger partial charge in [0, 0.05) is 5.33 Å². The summed E-state index contributed by atoms with van der Waals surface area (Å²) < 4.78 is 30.8. The summed E-state index contributed by atoms with van der Waals surface area (Å²) in [7, 11) is 1.23. The molecule has 1 aromatic rings. The van der Waals surface area contributed by atoms with Crippen molar-refractivity contribution in [3.8, 4) is 5.75 Å². The molecule has 0 saturated carbocycles. The molecular formula is C10H9BrF2O. The zero-order valence-electron chi connectivity index (χ0n) is 7.56. The average Bonchev–Trinajstić information content (AvgIpc) is 2.14. The molecule has 0 amide bonds. The monoisotopic (exact) mass is 262 g/mol. The molecule has 4 heteroatoms. The van der Waals surface area contributed by atoms with E-state index < -0.39 is 11.6 Å². The quantitative estimate of drug-likeness (QED) is 0.759. The van der Waals surface area contributed by atoms with Crippen LogP contribution in [0.2, 0.25) is 0 Å². The van der Waals surface area contributed by atoms with Gasteiger partial charge in [-0.3, -0.25) is 0 Å². The predicted molar refractivity (Wildman–Crippen MR) is 55.7 cm³/mol. The first-order valence-corrected chi connectivity index (χ1v) is 5.06. The van der Waals surface area contributed by atoms with Gasteiger partial charge in [0.25, 0.3) is 0 Å². The van der Waals surface area contributed by atoms with Crippen LogP contribution in [0.4, 0.5) is 8.78 Å². The molecule has 0 bridgehead atoms. The Bertz CT molecular complexity index is 327. The van der Waals surface area contributed by atoms with Crippen molar-refractivity contribution < 1.29 is 13.5 Å². The second-order valence-corrected chi connectivity index (χ2v) is 3.22. The standard InChI is InChI=1S/C10H9BrF2O/c1-14-10-8(12)5-7(3-2-4-11)6-9(10)13/h2-3,5-6H,4H2,1H3. The van der Waals surface area contributed by atoms with Crippen LogP contribution in [0.3, 0.4) is 0 Å². The van der Waals surface area contributed by atoms with Gasteiger partial charge in [0.15, 0.2) is 17.4 Å². The Labute approximate surface area is 89.5 Å². The molecule has 0 spiro atoms. The summed E-state index contributed by atoms with van der Waals surface area (Å²) in [5, 5.41) is 0.641. The van der Waals surface area contributed by atoms with Gasteiger partial charge >= 0.3 is 0 Å². The van der Waals surface area contributed by atoms with E-state index in [4.69, 9.17) is 0 Å². The van der Waals surface area contributed by atoms with Gasteiger partial charge in [0.05, 0.1) is 7.11 Å². The van der Waals surface area contributed by atoms with Crippen LogP contribution in [0.15, 0.2) is 18.2 Å². The largest absolute Gasteiger partial charge is 0.491 e. The van der Waals surface area contributed by atoms with Crippen LogP contribution in [0.1, 0.15) is 5.56 Å². The molecule has 1 nitrogen and oxygen atoms in total. The van der Waals surface area contributed by atoms with Crippen molar-refractivity contribution in [2.45, 2.75) is 0 Å². The number of methoxy groups -OCH3 is 1. The van der Waals surface area contributed by atoms with Gasteiger partial charge in [0.1, 0.15) is 0 Å². The molecule has 0 saturated heterocycles. The minimum Gasteiger partial charge on any atom is -0.491 e. The maximum atomic E-state index is 13.1. The van der Waals surface area contributed by atoms with Gasteiger partial charge in [-0.05, 0) is 17.7 Å². The number of alkyl halides is 1. The highest BCUT2D eigenvalue weighted by atomic mass is 79.9. The molecule has 0 radical (unpaired) electrons. The van der Waals surface area contributed by atoms with Gasteiger partial charge in [-0.2, -0.15) is 0 Å². The third-order valence-corrected chi connectivity index (χ3v) is 2.00. The summed E-state index contributed by atoms with van der Waals surface area (Å²) >= 11 is 3.17. The molecule has 0 aromatic heterocycles. The van der Waals surface area contributed by atoms with Gasteiger partial charge in [0.2, 0.25) is 0 Å². The van der Waals surface area contributed by atoms with E-state index in [-0.39, 0.29) is 5.75 Å². The zero-order valence-corrected chi connectivity index (χ0v) is 9.14. The van der Waals surface area contributed by atoms with Crippen molar-refractivity contribution in [2.24, 2.45) is 0 Å². The van der Waals surface area contributed by atoms with Crippen LogP contribution in [0, 0.1) is 11.6 Å². The van der Waals surface area contributed by atoms with Crippen molar-refractivity contribution in [3.05, 3.63) is 35.4 Å². The van der Waals surface area contributed by atoms with Crippen molar-refractivity contribution >= 4 is 22.0 Å². The number of benzene rings is 1. The highest BCUT2D eigenvalue weighted by Crippen LogP contribution is 2.23. The lowest BCUT2D eigenvalue weighted by molar-refractivity contribution is 0.360. The Balaban J connectivity index is 3.07. The van der Waals surface area contributed by atoms with E-state index in [0.717, 1.165) is 0 Å². The Hall–Kier alpha value is -0.900. The smallest absolute Gasteiger partial charge is 0.190 e. The second-order valence-electron chi connectivity index (χ2n) is 2.57. The maximum Gasteiger partial charge on any atom is 0.190 e. The van der Waals surface area contributed by atoms with E-state index >= 15 is 0 Å². The van der Waals surface area contributed by atoms with Crippen molar-refractivity contribution in [2.75, 3.05) is 12.4 Å². The molecule has 0 unspecified atom stereocenters. The third-order valence-electron chi connectivity index (χ3n) is 1.62. The average molecular weight is 263 g/mol. The Morgan fingerprint density at radius 3 is 2.36 bits per heavy atom. The normalized spacial score (nSPS) is 10.9. The minimum absolute atomic E-state index is 0.346. The van der Waals surface area contributed by atoms with E-state index in [1.807, 2.05) is 0 Å². The van der Waals surface area contributed by atoms with E-state index in [2.05, 4.69) is 20.7 Å². The van der Waals surface area contributed by atoms with E-state index in [1.165, 1.54) is 19.2 Å².